The van der Waals surface area contributed by atoms with E-state index in [4.69, 9.17) is 18.0 Å². The zero-order chi connectivity index (χ0) is 13.1. The highest BCUT2D eigenvalue weighted by Crippen LogP contribution is 2.20. The van der Waals surface area contributed by atoms with Crippen molar-refractivity contribution in [3.05, 3.63) is 17.8 Å². The molecular formula is C12H19N5S. The third-order valence-electron chi connectivity index (χ3n) is 3.48. The predicted octanol–water partition coefficient (Wildman–Crippen LogP) is 0.641. The molecule has 0 aliphatic carbocycles. The maximum Gasteiger partial charge on any atom is 0.161 e. The molecular weight excluding hydrogens is 246 g/mol. The first-order valence-electron chi connectivity index (χ1n) is 6.12. The van der Waals surface area contributed by atoms with Crippen LogP contribution in [0, 0.1) is 0 Å². The van der Waals surface area contributed by atoms with Gasteiger partial charge in [-0.25, -0.2) is 0 Å². The number of nitrogens with zero attached hydrogens (tertiary/aromatic N) is 4. The number of hydrogen-bond acceptors (Lipinski definition) is 5. The number of nitrogens with two attached hydrogens (primary N) is 1. The molecule has 2 rings (SSSR count). The standard InChI is InChI=1S/C12H19N5S/c1-16-7-3-4-9(16)8-17(2)12-10(11(13)18)5-6-14-15-12/h5-6,9H,3-4,7-8H2,1-2H3,(H2,13,18). The molecule has 1 aliphatic rings. The van der Waals surface area contributed by atoms with Crippen LogP contribution in [0.1, 0.15) is 18.4 Å². The molecule has 0 amide bonds. The molecule has 5 nitrogen and oxygen atoms in total. The molecule has 0 bridgehead atoms. The number of anilines is 1. The van der Waals surface area contributed by atoms with Gasteiger partial charge in [-0.1, -0.05) is 12.2 Å². The van der Waals surface area contributed by atoms with Crippen molar-refractivity contribution in [2.24, 2.45) is 5.73 Å². The number of aromatic nitrogens is 2. The van der Waals surface area contributed by atoms with E-state index in [9.17, 15) is 0 Å². The van der Waals surface area contributed by atoms with Gasteiger partial charge in [0.2, 0.25) is 0 Å². The average Bonchev–Trinajstić information content (AvgIpc) is 2.75. The molecule has 2 N–H and O–H groups in total. The van der Waals surface area contributed by atoms with Crippen molar-refractivity contribution in [3.63, 3.8) is 0 Å². The van der Waals surface area contributed by atoms with E-state index in [1.807, 2.05) is 13.1 Å². The number of hydrogen-bond donors (Lipinski definition) is 1. The van der Waals surface area contributed by atoms with Crippen LogP contribution in [0.5, 0.6) is 0 Å². The summed E-state index contributed by atoms with van der Waals surface area (Å²) in [6.45, 7) is 2.09. The second kappa shape index (κ2) is 5.58. The van der Waals surface area contributed by atoms with Crippen LogP contribution in [0.4, 0.5) is 5.82 Å². The Hall–Kier alpha value is -1.27. The van der Waals surface area contributed by atoms with Gasteiger partial charge >= 0.3 is 0 Å². The fourth-order valence-corrected chi connectivity index (χ4v) is 2.57. The van der Waals surface area contributed by atoms with Gasteiger partial charge in [-0.05, 0) is 32.5 Å². The van der Waals surface area contributed by atoms with E-state index in [0.717, 1.165) is 17.9 Å². The minimum atomic E-state index is 0.367. The molecule has 0 saturated carbocycles. The normalized spacial score (nSPS) is 20.0. The Labute approximate surface area is 113 Å². The van der Waals surface area contributed by atoms with Gasteiger partial charge in [0, 0.05) is 19.6 Å². The van der Waals surface area contributed by atoms with Crippen molar-refractivity contribution >= 4 is 23.0 Å². The molecule has 1 aromatic heterocycles. The minimum Gasteiger partial charge on any atom is -0.389 e. The second-order valence-corrected chi connectivity index (χ2v) is 5.23. The molecule has 1 aliphatic heterocycles. The van der Waals surface area contributed by atoms with Crippen LogP contribution in [0.15, 0.2) is 12.3 Å². The SMILES string of the molecule is CN(CC1CCCN1C)c1nnccc1C(N)=S. The lowest BCUT2D eigenvalue weighted by Crippen LogP contribution is -2.37. The largest absolute Gasteiger partial charge is 0.389 e. The highest BCUT2D eigenvalue weighted by atomic mass is 32.1. The van der Waals surface area contributed by atoms with Crippen LogP contribution in [0.2, 0.25) is 0 Å². The topological polar surface area (TPSA) is 58.3 Å². The summed E-state index contributed by atoms with van der Waals surface area (Å²) in [6.07, 6.45) is 4.11. The van der Waals surface area contributed by atoms with Gasteiger partial charge in [0.15, 0.2) is 5.82 Å². The van der Waals surface area contributed by atoms with E-state index in [-0.39, 0.29) is 0 Å². The molecule has 0 radical (unpaired) electrons. The van der Waals surface area contributed by atoms with Crippen LogP contribution < -0.4 is 10.6 Å². The molecule has 0 spiro atoms. The highest BCUT2D eigenvalue weighted by Gasteiger charge is 2.23. The fourth-order valence-electron chi connectivity index (χ4n) is 2.41. The van der Waals surface area contributed by atoms with Crippen molar-refractivity contribution in [3.8, 4) is 0 Å². The van der Waals surface area contributed by atoms with E-state index in [1.165, 1.54) is 19.4 Å². The van der Waals surface area contributed by atoms with Crippen LogP contribution in [-0.4, -0.2) is 53.3 Å². The number of likely N-dealkylation sites (tertiary alicyclic amines) is 1. The molecule has 1 fully saturated rings. The molecule has 6 heteroatoms. The van der Waals surface area contributed by atoms with Crippen LogP contribution in [0.25, 0.3) is 0 Å². The summed E-state index contributed by atoms with van der Waals surface area (Å²) in [5.41, 5.74) is 6.51. The third-order valence-corrected chi connectivity index (χ3v) is 3.70. The number of likely N-dealkylation sites (N-methyl/N-ethyl adjacent to an activating group) is 2. The maximum atomic E-state index is 5.71. The van der Waals surface area contributed by atoms with Crippen molar-refractivity contribution in [1.29, 1.82) is 0 Å². The van der Waals surface area contributed by atoms with E-state index in [2.05, 4.69) is 27.0 Å². The molecule has 18 heavy (non-hydrogen) atoms. The Balaban J connectivity index is 2.13. The summed E-state index contributed by atoms with van der Waals surface area (Å²) in [5.74, 6) is 0.769. The summed E-state index contributed by atoms with van der Waals surface area (Å²) >= 11 is 5.05. The Morgan fingerprint density at radius 2 is 2.44 bits per heavy atom. The highest BCUT2D eigenvalue weighted by molar-refractivity contribution is 7.80. The molecule has 1 unspecified atom stereocenters. The van der Waals surface area contributed by atoms with Gasteiger partial charge in [0.05, 0.1) is 11.8 Å². The summed E-state index contributed by atoms with van der Waals surface area (Å²) in [5, 5.41) is 8.08. The smallest absolute Gasteiger partial charge is 0.161 e. The van der Waals surface area contributed by atoms with E-state index in [1.54, 1.807) is 6.20 Å². The van der Waals surface area contributed by atoms with E-state index < -0.39 is 0 Å². The Morgan fingerprint density at radius 1 is 1.67 bits per heavy atom. The van der Waals surface area contributed by atoms with Crippen molar-refractivity contribution < 1.29 is 0 Å². The predicted molar refractivity (Wildman–Crippen MR) is 76.8 cm³/mol. The van der Waals surface area contributed by atoms with Crippen molar-refractivity contribution in [1.82, 2.24) is 15.1 Å². The fraction of sp³-hybridized carbons (Fsp3) is 0.583. The van der Waals surface area contributed by atoms with Gasteiger partial charge in [-0.15, -0.1) is 5.10 Å². The van der Waals surface area contributed by atoms with E-state index >= 15 is 0 Å². The minimum absolute atomic E-state index is 0.367. The average molecular weight is 265 g/mol. The van der Waals surface area contributed by atoms with Crippen molar-refractivity contribution in [2.75, 3.05) is 32.1 Å². The second-order valence-electron chi connectivity index (χ2n) is 4.79. The van der Waals surface area contributed by atoms with Gasteiger partial charge in [-0.2, -0.15) is 5.10 Å². The lowest BCUT2D eigenvalue weighted by Gasteiger charge is -2.27. The van der Waals surface area contributed by atoms with Crippen LogP contribution in [0.3, 0.4) is 0 Å². The zero-order valence-electron chi connectivity index (χ0n) is 10.8. The number of rotatable bonds is 4. The van der Waals surface area contributed by atoms with E-state index in [0.29, 0.717) is 11.0 Å². The Kier molecular flexibility index (Phi) is 4.08. The summed E-state index contributed by atoms with van der Waals surface area (Å²) in [6, 6.07) is 2.38. The first-order chi connectivity index (χ1) is 8.59. The van der Waals surface area contributed by atoms with Crippen LogP contribution in [-0.2, 0) is 0 Å². The van der Waals surface area contributed by atoms with Gasteiger partial charge in [0.1, 0.15) is 4.99 Å². The molecule has 2 heterocycles. The molecule has 1 saturated heterocycles. The van der Waals surface area contributed by atoms with Crippen LogP contribution >= 0.6 is 12.2 Å². The van der Waals surface area contributed by atoms with Gasteiger partial charge < -0.3 is 15.5 Å². The Bertz CT molecular complexity index is 436. The molecule has 1 aromatic rings. The first-order valence-corrected chi connectivity index (χ1v) is 6.53. The quantitative estimate of drug-likeness (QED) is 0.806. The zero-order valence-corrected chi connectivity index (χ0v) is 11.7. The van der Waals surface area contributed by atoms with Gasteiger partial charge in [-0.3, -0.25) is 0 Å². The monoisotopic (exact) mass is 265 g/mol. The van der Waals surface area contributed by atoms with Crippen molar-refractivity contribution in [2.45, 2.75) is 18.9 Å². The lowest BCUT2D eigenvalue weighted by atomic mass is 10.2. The molecule has 1 atom stereocenters. The third kappa shape index (κ3) is 2.76. The number of thiocarbonyl (C=S) groups is 1. The maximum absolute atomic E-state index is 5.71. The Morgan fingerprint density at radius 3 is 3.06 bits per heavy atom. The summed E-state index contributed by atoms with van der Waals surface area (Å²) < 4.78 is 0. The summed E-state index contributed by atoms with van der Waals surface area (Å²) in [4.78, 5) is 4.84. The first kappa shape index (κ1) is 13.2. The van der Waals surface area contributed by atoms with Gasteiger partial charge in [0.25, 0.3) is 0 Å². The summed E-state index contributed by atoms with van der Waals surface area (Å²) in [7, 11) is 4.18. The lowest BCUT2D eigenvalue weighted by molar-refractivity contribution is 0.314. The molecule has 0 aromatic carbocycles. The molecule has 98 valence electrons.